The molecule has 3 rings (SSSR count). The predicted molar refractivity (Wildman–Crippen MR) is 85.4 cm³/mol. The number of ether oxygens (including phenoxy) is 1. The second-order valence-corrected chi connectivity index (χ2v) is 6.31. The molecule has 122 valence electrons. The van der Waals surface area contributed by atoms with Crippen LogP contribution in [-0.2, 0) is 10.4 Å². The summed E-state index contributed by atoms with van der Waals surface area (Å²) in [6, 6.07) is 5.52. The van der Waals surface area contributed by atoms with Crippen molar-refractivity contribution in [3.8, 4) is 5.88 Å². The predicted octanol–water partition coefficient (Wildman–Crippen LogP) is 1.43. The Balaban J connectivity index is 2.22. The van der Waals surface area contributed by atoms with Gasteiger partial charge in [0.2, 0.25) is 11.8 Å². The minimum absolute atomic E-state index is 0.00133. The van der Waals surface area contributed by atoms with E-state index in [-0.39, 0.29) is 11.8 Å². The summed E-state index contributed by atoms with van der Waals surface area (Å²) in [4.78, 5) is 11.5. The summed E-state index contributed by atoms with van der Waals surface area (Å²) in [6.07, 6.45) is 0.392. The SMILES string of the molecule is COc1ccc(C2=NNC(=O)CC2C)c2cc(C(C)(C)O)nn12. The van der Waals surface area contributed by atoms with Crippen LogP contribution in [0.5, 0.6) is 5.88 Å². The van der Waals surface area contributed by atoms with Crippen LogP contribution in [-0.4, -0.2) is 33.4 Å². The normalized spacial score (nSPS) is 18.7. The van der Waals surface area contributed by atoms with Crippen molar-refractivity contribution in [3.63, 3.8) is 0 Å². The van der Waals surface area contributed by atoms with Crippen molar-refractivity contribution < 1.29 is 14.6 Å². The maximum Gasteiger partial charge on any atom is 0.240 e. The Morgan fingerprint density at radius 3 is 2.78 bits per heavy atom. The molecule has 0 fully saturated rings. The molecule has 1 atom stereocenters. The topological polar surface area (TPSA) is 88.2 Å². The summed E-state index contributed by atoms with van der Waals surface area (Å²) in [5.41, 5.74) is 4.44. The van der Waals surface area contributed by atoms with Crippen LogP contribution in [0.25, 0.3) is 5.52 Å². The van der Waals surface area contributed by atoms with Gasteiger partial charge in [-0.05, 0) is 26.0 Å². The van der Waals surface area contributed by atoms with E-state index in [0.29, 0.717) is 18.0 Å². The first-order valence-electron chi connectivity index (χ1n) is 7.47. The largest absolute Gasteiger partial charge is 0.481 e. The highest BCUT2D eigenvalue weighted by atomic mass is 16.5. The molecule has 3 heterocycles. The van der Waals surface area contributed by atoms with Gasteiger partial charge in [-0.25, -0.2) is 9.94 Å². The fraction of sp³-hybridized carbons (Fsp3) is 0.438. The second kappa shape index (κ2) is 5.34. The van der Waals surface area contributed by atoms with Gasteiger partial charge in [0.1, 0.15) is 5.60 Å². The van der Waals surface area contributed by atoms with E-state index in [1.54, 1.807) is 31.5 Å². The Hall–Kier alpha value is -2.41. The maximum absolute atomic E-state index is 11.5. The molecule has 23 heavy (non-hydrogen) atoms. The molecular formula is C16H20N4O3. The molecule has 1 amide bonds. The molecule has 2 aromatic rings. The quantitative estimate of drug-likeness (QED) is 0.896. The number of pyridine rings is 1. The molecule has 0 spiro atoms. The molecule has 0 radical (unpaired) electrons. The molecule has 2 N–H and O–H groups in total. The van der Waals surface area contributed by atoms with Crippen molar-refractivity contribution in [2.75, 3.05) is 7.11 Å². The summed E-state index contributed by atoms with van der Waals surface area (Å²) in [6.45, 7) is 5.33. The van der Waals surface area contributed by atoms with Crippen LogP contribution in [0, 0.1) is 5.92 Å². The highest BCUT2D eigenvalue weighted by Gasteiger charge is 2.27. The van der Waals surface area contributed by atoms with E-state index in [1.165, 1.54) is 0 Å². The Labute approximate surface area is 134 Å². The number of aromatic nitrogens is 2. The van der Waals surface area contributed by atoms with Crippen LogP contribution in [0.4, 0.5) is 0 Å². The molecule has 0 saturated carbocycles. The molecule has 1 aliphatic heterocycles. The first-order valence-corrected chi connectivity index (χ1v) is 7.47. The maximum atomic E-state index is 11.5. The number of fused-ring (bicyclic) bond motifs is 1. The van der Waals surface area contributed by atoms with E-state index in [1.807, 2.05) is 19.1 Å². The number of amides is 1. The van der Waals surface area contributed by atoms with Crippen molar-refractivity contribution in [2.24, 2.45) is 11.0 Å². The van der Waals surface area contributed by atoms with Crippen molar-refractivity contribution in [1.82, 2.24) is 15.0 Å². The van der Waals surface area contributed by atoms with Crippen LogP contribution < -0.4 is 10.2 Å². The van der Waals surface area contributed by atoms with Gasteiger partial charge >= 0.3 is 0 Å². The van der Waals surface area contributed by atoms with Gasteiger partial charge in [-0.15, -0.1) is 0 Å². The van der Waals surface area contributed by atoms with E-state index in [0.717, 1.165) is 16.8 Å². The molecule has 1 aliphatic rings. The van der Waals surface area contributed by atoms with Crippen LogP contribution in [0.1, 0.15) is 38.4 Å². The lowest BCUT2D eigenvalue weighted by Gasteiger charge is -2.20. The molecule has 7 heteroatoms. The summed E-state index contributed by atoms with van der Waals surface area (Å²) in [7, 11) is 1.57. The number of hydrogen-bond acceptors (Lipinski definition) is 5. The van der Waals surface area contributed by atoms with Crippen molar-refractivity contribution in [2.45, 2.75) is 32.8 Å². The number of hydrazone groups is 1. The molecule has 0 aromatic carbocycles. The first-order chi connectivity index (χ1) is 10.8. The summed E-state index contributed by atoms with van der Waals surface area (Å²) < 4.78 is 7.00. The summed E-state index contributed by atoms with van der Waals surface area (Å²) >= 11 is 0. The minimum Gasteiger partial charge on any atom is -0.481 e. The van der Waals surface area contributed by atoms with E-state index in [9.17, 15) is 9.90 Å². The number of carbonyl (C=O) groups is 1. The van der Waals surface area contributed by atoms with Crippen molar-refractivity contribution in [1.29, 1.82) is 0 Å². The number of aliphatic hydroxyl groups is 1. The van der Waals surface area contributed by atoms with Crippen LogP contribution in [0.15, 0.2) is 23.3 Å². The molecule has 1 unspecified atom stereocenters. The lowest BCUT2D eigenvalue weighted by atomic mass is 9.93. The van der Waals surface area contributed by atoms with Crippen LogP contribution >= 0.6 is 0 Å². The monoisotopic (exact) mass is 316 g/mol. The van der Waals surface area contributed by atoms with Crippen LogP contribution in [0.2, 0.25) is 0 Å². The highest BCUT2D eigenvalue weighted by molar-refractivity contribution is 6.10. The second-order valence-electron chi connectivity index (χ2n) is 6.31. The third-order valence-corrected chi connectivity index (χ3v) is 3.96. The highest BCUT2D eigenvalue weighted by Crippen LogP contribution is 2.28. The number of nitrogens with one attached hydrogen (secondary N) is 1. The van der Waals surface area contributed by atoms with Gasteiger partial charge in [-0.3, -0.25) is 4.79 Å². The Morgan fingerprint density at radius 2 is 2.17 bits per heavy atom. The third-order valence-electron chi connectivity index (χ3n) is 3.96. The Kier molecular flexibility index (Phi) is 3.60. The van der Waals surface area contributed by atoms with Gasteiger partial charge in [0.15, 0.2) is 0 Å². The average Bonchev–Trinajstić information content (AvgIpc) is 2.92. The minimum atomic E-state index is -1.07. The lowest BCUT2D eigenvalue weighted by molar-refractivity contribution is -0.121. The first kappa shape index (κ1) is 15.5. The Morgan fingerprint density at radius 1 is 1.43 bits per heavy atom. The van der Waals surface area contributed by atoms with Gasteiger partial charge in [-0.2, -0.15) is 10.2 Å². The molecule has 0 bridgehead atoms. The summed E-state index contributed by atoms with van der Waals surface area (Å²) in [5.74, 6) is 0.477. The van der Waals surface area contributed by atoms with Gasteiger partial charge in [0.25, 0.3) is 0 Å². The van der Waals surface area contributed by atoms with Crippen molar-refractivity contribution in [3.05, 3.63) is 29.5 Å². The molecule has 0 aliphatic carbocycles. The molecule has 7 nitrogen and oxygen atoms in total. The van der Waals surface area contributed by atoms with Gasteiger partial charge in [0.05, 0.1) is 24.0 Å². The average molecular weight is 316 g/mol. The number of rotatable bonds is 3. The smallest absolute Gasteiger partial charge is 0.240 e. The third kappa shape index (κ3) is 2.68. The van der Waals surface area contributed by atoms with E-state index in [4.69, 9.17) is 4.74 Å². The van der Waals surface area contributed by atoms with E-state index >= 15 is 0 Å². The lowest BCUT2D eigenvalue weighted by Crippen LogP contribution is -2.32. The standard InChI is InChI=1S/C16H20N4O3/c1-9-7-13(21)17-18-15(9)10-5-6-14(23-4)20-11(10)8-12(19-20)16(2,3)22/h5-6,8-9,22H,7H2,1-4H3,(H,17,21). The molecule has 0 saturated heterocycles. The molecular weight excluding hydrogens is 296 g/mol. The van der Waals surface area contributed by atoms with E-state index < -0.39 is 5.60 Å². The zero-order valence-electron chi connectivity index (χ0n) is 13.6. The zero-order chi connectivity index (χ0) is 16.8. The van der Waals surface area contributed by atoms with Crippen LogP contribution in [0.3, 0.4) is 0 Å². The number of nitrogens with zero attached hydrogens (tertiary/aromatic N) is 3. The van der Waals surface area contributed by atoms with Gasteiger partial charge in [0, 0.05) is 24.0 Å². The van der Waals surface area contributed by atoms with E-state index in [2.05, 4.69) is 15.6 Å². The van der Waals surface area contributed by atoms with Gasteiger partial charge < -0.3 is 9.84 Å². The van der Waals surface area contributed by atoms with Crippen molar-refractivity contribution >= 4 is 17.1 Å². The zero-order valence-corrected chi connectivity index (χ0v) is 13.6. The number of hydrogen-bond donors (Lipinski definition) is 2. The van der Waals surface area contributed by atoms with Gasteiger partial charge in [-0.1, -0.05) is 6.92 Å². The fourth-order valence-electron chi connectivity index (χ4n) is 2.70. The number of methoxy groups -OCH3 is 1. The number of carbonyl (C=O) groups excluding carboxylic acids is 1. The fourth-order valence-corrected chi connectivity index (χ4v) is 2.70. The Bertz CT molecular complexity index is 801. The summed E-state index contributed by atoms with van der Waals surface area (Å²) in [5, 5.41) is 18.9. The molecule has 2 aromatic heterocycles.